The summed E-state index contributed by atoms with van der Waals surface area (Å²) in [6.45, 7) is 4.72. The second kappa shape index (κ2) is 7.16. The smallest absolute Gasteiger partial charge is 0.335 e. The van der Waals surface area contributed by atoms with E-state index in [1.807, 2.05) is 0 Å². The number of carboxylic acids is 1. The summed E-state index contributed by atoms with van der Waals surface area (Å²) in [6, 6.07) is 10.1. The van der Waals surface area contributed by atoms with Gasteiger partial charge in [0.1, 0.15) is 11.8 Å². The van der Waals surface area contributed by atoms with Crippen molar-refractivity contribution in [3.8, 4) is 5.75 Å². The molecule has 0 aromatic heterocycles. The standard InChI is InChI=1S/C20H19ClN2O5/c1-11(17(24)22-14-7-5-4-6-13(14)21)23-15-9-8-12(18(25)26)10-16(15)28-20(2,3)19(23)27/h4-11H,1-3H3,(H,22,24)(H,25,26). The first-order valence-corrected chi connectivity index (χ1v) is 8.95. The van der Waals surface area contributed by atoms with Gasteiger partial charge in [-0.05, 0) is 51.1 Å². The third kappa shape index (κ3) is 3.53. The van der Waals surface area contributed by atoms with Crippen LogP contribution in [0.5, 0.6) is 5.75 Å². The fourth-order valence-corrected chi connectivity index (χ4v) is 3.13. The molecule has 3 rings (SSSR count). The average molecular weight is 403 g/mol. The third-order valence-corrected chi connectivity index (χ3v) is 4.79. The first-order valence-electron chi connectivity index (χ1n) is 8.57. The number of aromatic carboxylic acids is 1. The molecule has 0 bridgehead atoms. The minimum atomic E-state index is -1.26. The monoisotopic (exact) mass is 402 g/mol. The largest absolute Gasteiger partial charge is 0.478 e. The summed E-state index contributed by atoms with van der Waals surface area (Å²) >= 11 is 6.09. The van der Waals surface area contributed by atoms with Gasteiger partial charge in [0.2, 0.25) is 5.91 Å². The third-order valence-electron chi connectivity index (χ3n) is 4.46. The van der Waals surface area contributed by atoms with Gasteiger partial charge >= 0.3 is 5.97 Å². The van der Waals surface area contributed by atoms with Gasteiger partial charge in [-0.1, -0.05) is 23.7 Å². The number of nitrogens with zero attached hydrogens (tertiary/aromatic N) is 1. The molecule has 2 amide bonds. The Balaban J connectivity index is 1.97. The van der Waals surface area contributed by atoms with E-state index in [0.717, 1.165) is 0 Å². The maximum atomic E-state index is 13.0. The van der Waals surface area contributed by atoms with E-state index in [1.54, 1.807) is 45.0 Å². The molecule has 0 radical (unpaired) electrons. The highest BCUT2D eigenvalue weighted by Gasteiger charge is 2.44. The molecule has 0 fully saturated rings. The molecule has 146 valence electrons. The zero-order valence-electron chi connectivity index (χ0n) is 15.5. The van der Waals surface area contributed by atoms with Crippen molar-refractivity contribution in [1.82, 2.24) is 0 Å². The molecule has 1 aliphatic rings. The number of amides is 2. The summed E-state index contributed by atoms with van der Waals surface area (Å²) in [5.74, 6) is -1.74. The molecule has 7 nitrogen and oxygen atoms in total. The number of benzene rings is 2. The zero-order chi connectivity index (χ0) is 20.6. The molecule has 0 saturated heterocycles. The minimum absolute atomic E-state index is 0.0250. The molecule has 2 aromatic carbocycles. The Morgan fingerprint density at radius 1 is 1.21 bits per heavy atom. The second-order valence-corrected chi connectivity index (χ2v) is 7.33. The SMILES string of the molecule is CC(C(=O)Nc1ccccc1Cl)N1C(=O)C(C)(C)Oc2cc(C(=O)O)ccc21. The van der Waals surface area contributed by atoms with Crippen LogP contribution in [0.1, 0.15) is 31.1 Å². The van der Waals surface area contributed by atoms with Crippen molar-refractivity contribution in [3.63, 3.8) is 0 Å². The summed E-state index contributed by atoms with van der Waals surface area (Å²) in [6.07, 6.45) is 0. The number of fused-ring (bicyclic) bond motifs is 1. The van der Waals surface area contributed by atoms with E-state index in [-0.39, 0.29) is 11.3 Å². The van der Waals surface area contributed by atoms with Crippen LogP contribution in [0.2, 0.25) is 5.02 Å². The molecule has 0 spiro atoms. The van der Waals surface area contributed by atoms with Gasteiger partial charge in [0.05, 0.1) is 22.0 Å². The van der Waals surface area contributed by atoms with Crippen LogP contribution >= 0.6 is 11.6 Å². The highest BCUT2D eigenvalue weighted by molar-refractivity contribution is 6.33. The number of anilines is 2. The Morgan fingerprint density at radius 2 is 1.89 bits per heavy atom. The van der Waals surface area contributed by atoms with Crippen molar-refractivity contribution in [3.05, 3.63) is 53.1 Å². The number of nitrogens with one attached hydrogen (secondary N) is 1. The van der Waals surface area contributed by atoms with Gasteiger partial charge < -0.3 is 15.2 Å². The molecule has 2 N–H and O–H groups in total. The summed E-state index contributed by atoms with van der Waals surface area (Å²) in [5, 5.41) is 12.3. The predicted molar refractivity (Wildman–Crippen MR) is 105 cm³/mol. The van der Waals surface area contributed by atoms with Crippen molar-refractivity contribution < 1.29 is 24.2 Å². The van der Waals surface area contributed by atoms with Crippen molar-refractivity contribution in [2.24, 2.45) is 0 Å². The first-order chi connectivity index (χ1) is 13.1. The Labute approximate surface area is 166 Å². The van der Waals surface area contributed by atoms with E-state index < -0.39 is 29.4 Å². The number of carbonyl (C=O) groups excluding carboxylic acids is 2. The van der Waals surface area contributed by atoms with Crippen molar-refractivity contribution in [2.45, 2.75) is 32.4 Å². The highest BCUT2D eigenvalue weighted by atomic mass is 35.5. The van der Waals surface area contributed by atoms with E-state index in [2.05, 4.69) is 5.32 Å². The van der Waals surface area contributed by atoms with Crippen LogP contribution in [0.15, 0.2) is 42.5 Å². The molecule has 1 heterocycles. The van der Waals surface area contributed by atoms with Gasteiger partial charge in [-0.3, -0.25) is 14.5 Å². The van der Waals surface area contributed by atoms with Crippen LogP contribution < -0.4 is 15.0 Å². The van der Waals surface area contributed by atoms with E-state index in [0.29, 0.717) is 16.4 Å². The lowest BCUT2D eigenvalue weighted by Crippen LogP contribution is -2.57. The van der Waals surface area contributed by atoms with Crippen LogP contribution in [-0.4, -0.2) is 34.5 Å². The molecule has 1 unspecified atom stereocenters. The number of halogens is 1. The number of para-hydroxylation sites is 1. The number of ether oxygens (including phenoxy) is 1. The molecule has 0 aliphatic carbocycles. The maximum Gasteiger partial charge on any atom is 0.335 e. The predicted octanol–water partition coefficient (Wildman–Crippen LogP) is 3.57. The van der Waals surface area contributed by atoms with Crippen LogP contribution in [0.3, 0.4) is 0 Å². The summed E-state index contributed by atoms with van der Waals surface area (Å²) < 4.78 is 5.71. The fraction of sp³-hybridized carbons (Fsp3) is 0.250. The van der Waals surface area contributed by atoms with Crippen LogP contribution in [-0.2, 0) is 9.59 Å². The number of carbonyl (C=O) groups is 3. The Morgan fingerprint density at radius 3 is 2.54 bits per heavy atom. The zero-order valence-corrected chi connectivity index (χ0v) is 16.3. The highest BCUT2D eigenvalue weighted by Crippen LogP contribution is 2.39. The van der Waals surface area contributed by atoms with Crippen molar-refractivity contribution in [2.75, 3.05) is 10.2 Å². The average Bonchev–Trinajstić information content (AvgIpc) is 2.63. The van der Waals surface area contributed by atoms with Crippen LogP contribution in [0, 0.1) is 0 Å². The molecular formula is C20H19ClN2O5. The van der Waals surface area contributed by atoms with E-state index in [1.165, 1.54) is 23.1 Å². The Bertz CT molecular complexity index is 973. The van der Waals surface area contributed by atoms with Gasteiger partial charge in [-0.25, -0.2) is 4.79 Å². The first kappa shape index (κ1) is 19.7. The van der Waals surface area contributed by atoms with E-state index >= 15 is 0 Å². The lowest BCUT2D eigenvalue weighted by Gasteiger charge is -2.41. The van der Waals surface area contributed by atoms with Crippen molar-refractivity contribution in [1.29, 1.82) is 0 Å². The summed E-state index contributed by atoms with van der Waals surface area (Å²) in [4.78, 5) is 38.4. The Hall–Kier alpha value is -3.06. The normalized spacial score (nSPS) is 16.0. The summed E-state index contributed by atoms with van der Waals surface area (Å²) in [7, 11) is 0. The molecule has 1 atom stereocenters. The van der Waals surface area contributed by atoms with Crippen molar-refractivity contribution >= 4 is 40.8 Å². The van der Waals surface area contributed by atoms with Gasteiger partial charge in [-0.2, -0.15) is 0 Å². The maximum absolute atomic E-state index is 13.0. The number of hydrogen-bond donors (Lipinski definition) is 2. The number of hydrogen-bond acceptors (Lipinski definition) is 4. The van der Waals surface area contributed by atoms with E-state index in [4.69, 9.17) is 16.3 Å². The molecule has 1 aliphatic heterocycles. The molecule has 8 heteroatoms. The molecule has 28 heavy (non-hydrogen) atoms. The fourth-order valence-electron chi connectivity index (χ4n) is 2.95. The lowest BCUT2D eigenvalue weighted by molar-refractivity contribution is -0.134. The topological polar surface area (TPSA) is 95.9 Å². The van der Waals surface area contributed by atoms with Crippen LogP contribution in [0.4, 0.5) is 11.4 Å². The van der Waals surface area contributed by atoms with Gasteiger partial charge in [-0.15, -0.1) is 0 Å². The lowest BCUT2D eigenvalue weighted by atomic mass is 10.0. The van der Waals surface area contributed by atoms with Gasteiger partial charge in [0, 0.05) is 0 Å². The number of rotatable bonds is 4. The van der Waals surface area contributed by atoms with E-state index in [9.17, 15) is 19.5 Å². The van der Waals surface area contributed by atoms with Gasteiger partial charge in [0.15, 0.2) is 5.60 Å². The molecule has 2 aromatic rings. The molecule has 0 saturated carbocycles. The minimum Gasteiger partial charge on any atom is -0.478 e. The Kier molecular flexibility index (Phi) is 5.04. The van der Waals surface area contributed by atoms with Crippen LogP contribution in [0.25, 0.3) is 0 Å². The molecular weight excluding hydrogens is 384 g/mol. The second-order valence-electron chi connectivity index (χ2n) is 6.92. The number of carboxylic acid groups (broad SMARTS) is 1. The summed E-state index contributed by atoms with van der Waals surface area (Å²) in [5.41, 5.74) is -0.473. The quantitative estimate of drug-likeness (QED) is 0.815. The van der Waals surface area contributed by atoms with Gasteiger partial charge in [0.25, 0.3) is 5.91 Å².